The highest BCUT2D eigenvalue weighted by Gasteiger charge is 2.29. The number of likely N-dealkylation sites (tertiary alicyclic amines) is 1. The van der Waals surface area contributed by atoms with Gasteiger partial charge in [-0.2, -0.15) is 0 Å². The third-order valence-electron chi connectivity index (χ3n) is 3.11. The molecule has 1 fully saturated rings. The molecule has 1 saturated heterocycles. The van der Waals surface area contributed by atoms with E-state index in [1.54, 1.807) is 0 Å². The van der Waals surface area contributed by atoms with Gasteiger partial charge in [0.05, 0.1) is 0 Å². The molecule has 1 heterocycles. The first kappa shape index (κ1) is 11.0. The average molecular weight is 185 g/mol. The molecular formula is C10H23N3. The van der Waals surface area contributed by atoms with Crippen molar-refractivity contribution in [3.63, 3.8) is 0 Å². The lowest BCUT2D eigenvalue weighted by atomic mass is 9.90. The molecule has 0 aliphatic carbocycles. The van der Waals surface area contributed by atoms with Crippen LogP contribution in [-0.4, -0.2) is 43.7 Å². The van der Waals surface area contributed by atoms with Gasteiger partial charge in [-0.25, -0.2) is 0 Å². The van der Waals surface area contributed by atoms with E-state index in [2.05, 4.69) is 24.2 Å². The Labute approximate surface area is 81.7 Å². The number of rotatable bonds is 3. The zero-order valence-electron chi connectivity index (χ0n) is 8.97. The number of likely N-dealkylation sites (N-methyl/N-ethyl adjacent to an activating group) is 1. The zero-order valence-corrected chi connectivity index (χ0v) is 8.97. The summed E-state index contributed by atoms with van der Waals surface area (Å²) >= 11 is 0. The molecule has 0 amide bonds. The summed E-state index contributed by atoms with van der Waals surface area (Å²) in [6.07, 6.45) is 3.68. The molecule has 1 unspecified atom stereocenters. The third kappa shape index (κ3) is 2.93. The summed E-state index contributed by atoms with van der Waals surface area (Å²) < 4.78 is 0. The number of nitrogens with one attached hydrogen (secondary N) is 1. The Bertz CT molecular complexity index is 149. The van der Waals surface area contributed by atoms with E-state index in [1.165, 1.54) is 32.4 Å². The molecule has 1 rings (SSSR count). The molecular weight excluding hydrogens is 162 g/mol. The van der Waals surface area contributed by atoms with Gasteiger partial charge in [0.1, 0.15) is 0 Å². The lowest BCUT2D eigenvalue weighted by molar-refractivity contribution is 0.287. The molecule has 13 heavy (non-hydrogen) atoms. The molecule has 0 aromatic heterocycles. The standard InChI is InChI=1S/C10H23N3/c1-3-12-10(9-11)5-4-7-13(2)8-6-10/h12H,3-9,11H2,1-2H3. The number of nitrogens with zero attached hydrogens (tertiary/aromatic N) is 1. The second-order valence-corrected chi connectivity index (χ2v) is 4.17. The molecule has 0 saturated carbocycles. The molecule has 1 aliphatic rings. The van der Waals surface area contributed by atoms with Crippen LogP contribution in [0.3, 0.4) is 0 Å². The minimum absolute atomic E-state index is 0.222. The highest BCUT2D eigenvalue weighted by atomic mass is 15.1. The SMILES string of the molecule is CCNC1(CN)CCCN(C)CC1. The van der Waals surface area contributed by atoms with Crippen molar-refractivity contribution >= 4 is 0 Å². The molecule has 3 nitrogen and oxygen atoms in total. The van der Waals surface area contributed by atoms with E-state index in [0.717, 1.165) is 13.1 Å². The van der Waals surface area contributed by atoms with Gasteiger partial charge in [0, 0.05) is 12.1 Å². The zero-order chi connectivity index (χ0) is 9.73. The highest BCUT2D eigenvalue weighted by Crippen LogP contribution is 2.20. The fourth-order valence-corrected chi connectivity index (χ4v) is 2.16. The van der Waals surface area contributed by atoms with Crippen molar-refractivity contribution in [1.82, 2.24) is 10.2 Å². The quantitative estimate of drug-likeness (QED) is 0.669. The second-order valence-electron chi connectivity index (χ2n) is 4.17. The first-order valence-corrected chi connectivity index (χ1v) is 5.36. The maximum absolute atomic E-state index is 5.86. The lowest BCUT2D eigenvalue weighted by Gasteiger charge is -2.32. The summed E-state index contributed by atoms with van der Waals surface area (Å²) in [6.45, 7) is 6.35. The molecule has 1 atom stereocenters. The maximum atomic E-state index is 5.86. The fraction of sp³-hybridized carbons (Fsp3) is 1.00. The van der Waals surface area contributed by atoms with Crippen molar-refractivity contribution in [2.45, 2.75) is 31.7 Å². The molecule has 3 heteroatoms. The smallest absolute Gasteiger partial charge is 0.0316 e. The normalized spacial score (nSPS) is 31.6. The van der Waals surface area contributed by atoms with Crippen LogP contribution in [0.1, 0.15) is 26.2 Å². The Morgan fingerprint density at radius 2 is 2.15 bits per heavy atom. The fourth-order valence-electron chi connectivity index (χ4n) is 2.16. The van der Waals surface area contributed by atoms with Crippen LogP contribution in [0, 0.1) is 0 Å². The topological polar surface area (TPSA) is 41.3 Å². The third-order valence-corrected chi connectivity index (χ3v) is 3.11. The molecule has 0 radical (unpaired) electrons. The van der Waals surface area contributed by atoms with Gasteiger partial charge in [-0.1, -0.05) is 6.92 Å². The molecule has 0 spiro atoms. The molecule has 0 aromatic carbocycles. The van der Waals surface area contributed by atoms with E-state index in [9.17, 15) is 0 Å². The Balaban J connectivity index is 2.53. The monoisotopic (exact) mass is 185 g/mol. The van der Waals surface area contributed by atoms with Crippen molar-refractivity contribution < 1.29 is 0 Å². The molecule has 78 valence electrons. The summed E-state index contributed by atoms with van der Waals surface area (Å²) in [5.41, 5.74) is 6.08. The average Bonchev–Trinajstić information content (AvgIpc) is 2.30. The Morgan fingerprint density at radius 1 is 1.38 bits per heavy atom. The molecule has 0 aromatic rings. The predicted octanol–water partition coefficient (Wildman–Crippen LogP) is 0.409. The Hall–Kier alpha value is -0.120. The van der Waals surface area contributed by atoms with Crippen LogP contribution in [0.2, 0.25) is 0 Å². The molecule has 3 N–H and O–H groups in total. The minimum Gasteiger partial charge on any atom is -0.329 e. The first-order chi connectivity index (χ1) is 6.22. The van der Waals surface area contributed by atoms with Gasteiger partial charge in [-0.05, 0) is 45.9 Å². The van der Waals surface area contributed by atoms with Crippen LogP contribution in [0.25, 0.3) is 0 Å². The van der Waals surface area contributed by atoms with E-state index < -0.39 is 0 Å². The van der Waals surface area contributed by atoms with Crippen LogP contribution in [-0.2, 0) is 0 Å². The van der Waals surface area contributed by atoms with Gasteiger partial charge in [-0.15, -0.1) is 0 Å². The van der Waals surface area contributed by atoms with Crippen LogP contribution in [0.15, 0.2) is 0 Å². The highest BCUT2D eigenvalue weighted by molar-refractivity contribution is 4.91. The van der Waals surface area contributed by atoms with Gasteiger partial charge in [0.2, 0.25) is 0 Å². The maximum Gasteiger partial charge on any atom is 0.0316 e. The van der Waals surface area contributed by atoms with Gasteiger partial charge >= 0.3 is 0 Å². The van der Waals surface area contributed by atoms with Gasteiger partial charge in [-0.3, -0.25) is 0 Å². The van der Waals surface area contributed by atoms with E-state index >= 15 is 0 Å². The summed E-state index contributed by atoms with van der Waals surface area (Å²) in [4.78, 5) is 2.40. The number of hydrogen-bond acceptors (Lipinski definition) is 3. The summed E-state index contributed by atoms with van der Waals surface area (Å²) in [7, 11) is 2.19. The van der Waals surface area contributed by atoms with Crippen LogP contribution >= 0.6 is 0 Å². The van der Waals surface area contributed by atoms with Crippen molar-refractivity contribution in [3.05, 3.63) is 0 Å². The van der Waals surface area contributed by atoms with Crippen molar-refractivity contribution in [2.24, 2.45) is 5.73 Å². The van der Waals surface area contributed by atoms with E-state index in [1.807, 2.05) is 0 Å². The predicted molar refractivity (Wildman–Crippen MR) is 56.8 cm³/mol. The Kier molecular flexibility index (Phi) is 4.16. The summed E-state index contributed by atoms with van der Waals surface area (Å²) in [6, 6.07) is 0. The van der Waals surface area contributed by atoms with Crippen molar-refractivity contribution in [2.75, 3.05) is 33.2 Å². The van der Waals surface area contributed by atoms with Gasteiger partial charge in [0.25, 0.3) is 0 Å². The summed E-state index contributed by atoms with van der Waals surface area (Å²) in [5.74, 6) is 0. The Morgan fingerprint density at radius 3 is 2.77 bits per heavy atom. The van der Waals surface area contributed by atoms with Gasteiger partial charge < -0.3 is 16.0 Å². The van der Waals surface area contributed by atoms with Crippen LogP contribution < -0.4 is 11.1 Å². The van der Waals surface area contributed by atoms with Gasteiger partial charge in [0.15, 0.2) is 0 Å². The van der Waals surface area contributed by atoms with E-state index in [4.69, 9.17) is 5.73 Å². The van der Waals surface area contributed by atoms with E-state index in [0.29, 0.717) is 0 Å². The first-order valence-electron chi connectivity index (χ1n) is 5.36. The van der Waals surface area contributed by atoms with Crippen molar-refractivity contribution in [1.29, 1.82) is 0 Å². The summed E-state index contributed by atoms with van der Waals surface area (Å²) in [5, 5.41) is 3.56. The van der Waals surface area contributed by atoms with Crippen molar-refractivity contribution in [3.8, 4) is 0 Å². The largest absolute Gasteiger partial charge is 0.329 e. The number of hydrogen-bond donors (Lipinski definition) is 2. The molecule has 0 bridgehead atoms. The van der Waals surface area contributed by atoms with Crippen LogP contribution in [0.5, 0.6) is 0 Å². The minimum atomic E-state index is 0.222. The van der Waals surface area contributed by atoms with E-state index in [-0.39, 0.29) is 5.54 Å². The second kappa shape index (κ2) is 4.94. The van der Waals surface area contributed by atoms with Crippen LogP contribution in [0.4, 0.5) is 0 Å². The molecule has 1 aliphatic heterocycles. The number of nitrogens with two attached hydrogens (primary N) is 1. The lowest BCUT2D eigenvalue weighted by Crippen LogP contribution is -2.51.